The molecule has 2 unspecified atom stereocenters. The molecule has 102 valence electrons. The molecule has 2 atom stereocenters. The molecule has 0 radical (unpaired) electrons. The summed E-state index contributed by atoms with van der Waals surface area (Å²) >= 11 is 5.97. The molecule has 0 aliphatic carbocycles. The number of likely N-dealkylation sites (N-methyl/N-ethyl adjacent to an activating group) is 1. The van der Waals surface area contributed by atoms with Crippen LogP contribution in [0, 0.1) is 5.92 Å². The van der Waals surface area contributed by atoms with Gasteiger partial charge in [0.1, 0.15) is 5.92 Å². The Hall–Kier alpha value is -1.59. The van der Waals surface area contributed by atoms with E-state index in [2.05, 4.69) is 0 Å². The highest BCUT2D eigenvalue weighted by Crippen LogP contribution is 2.23. The summed E-state index contributed by atoms with van der Waals surface area (Å²) in [5, 5.41) is 9.45. The van der Waals surface area contributed by atoms with Crippen molar-refractivity contribution in [3.63, 3.8) is 0 Å². The minimum absolute atomic E-state index is 0.125. The van der Waals surface area contributed by atoms with Gasteiger partial charge in [0.05, 0.1) is 29.8 Å². The van der Waals surface area contributed by atoms with E-state index in [0.717, 1.165) is 0 Å². The first-order valence-corrected chi connectivity index (χ1v) is 6.22. The summed E-state index contributed by atoms with van der Waals surface area (Å²) < 4.78 is 5.16. The number of hydrogen-bond donors (Lipinski definition) is 1. The van der Waals surface area contributed by atoms with E-state index in [4.69, 9.17) is 21.4 Å². The van der Waals surface area contributed by atoms with Gasteiger partial charge in [0.2, 0.25) is 0 Å². The molecule has 1 aromatic carbocycles. The fourth-order valence-corrected chi connectivity index (χ4v) is 2.35. The number of aliphatic carboxylic acids is 1. The number of rotatable bonds is 3. The van der Waals surface area contributed by atoms with Crippen LogP contribution in [0.2, 0.25) is 5.02 Å². The van der Waals surface area contributed by atoms with Gasteiger partial charge in [-0.15, -0.1) is 0 Å². The summed E-state index contributed by atoms with van der Waals surface area (Å²) in [4.78, 5) is 24.8. The van der Waals surface area contributed by atoms with E-state index in [1.807, 2.05) is 0 Å². The number of carboxylic acid groups (broad SMARTS) is 1. The maximum absolute atomic E-state index is 12.3. The zero-order chi connectivity index (χ0) is 14.0. The first-order valence-electron chi connectivity index (χ1n) is 5.84. The Balaban J connectivity index is 2.20. The van der Waals surface area contributed by atoms with Gasteiger partial charge >= 0.3 is 5.97 Å². The molecule has 6 heteroatoms. The van der Waals surface area contributed by atoms with Gasteiger partial charge in [-0.3, -0.25) is 9.59 Å². The highest BCUT2D eigenvalue weighted by Gasteiger charge is 2.38. The summed E-state index contributed by atoms with van der Waals surface area (Å²) in [6.07, 6.45) is 0. The normalized spacial score (nSPS) is 22.2. The van der Waals surface area contributed by atoms with Crippen LogP contribution in [-0.4, -0.2) is 48.2 Å². The van der Waals surface area contributed by atoms with Gasteiger partial charge in [0, 0.05) is 7.05 Å². The SMILES string of the molecule is CN(C(=O)c1ccccc1Cl)C1COCC1C(=O)O. The van der Waals surface area contributed by atoms with E-state index >= 15 is 0 Å². The third kappa shape index (κ3) is 2.72. The number of nitrogens with zero attached hydrogens (tertiary/aromatic N) is 1. The van der Waals surface area contributed by atoms with Crippen LogP contribution in [0.4, 0.5) is 0 Å². The number of amides is 1. The minimum atomic E-state index is -0.957. The third-order valence-electron chi connectivity index (χ3n) is 3.29. The summed E-state index contributed by atoms with van der Waals surface area (Å²) in [7, 11) is 1.57. The van der Waals surface area contributed by atoms with Crippen molar-refractivity contribution in [2.45, 2.75) is 6.04 Å². The average Bonchev–Trinajstić information content (AvgIpc) is 2.87. The van der Waals surface area contributed by atoms with Gasteiger partial charge in [0.25, 0.3) is 5.91 Å². The number of carbonyl (C=O) groups excluding carboxylic acids is 1. The fraction of sp³-hybridized carbons (Fsp3) is 0.385. The average molecular weight is 284 g/mol. The molecule has 5 nitrogen and oxygen atoms in total. The number of halogens is 1. The molecule has 1 heterocycles. The van der Waals surface area contributed by atoms with Crippen molar-refractivity contribution < 1.29 is 19.4 Å². The van der Waals surface area contributed by atoms with Crippen LogP contribution >= 0.6 is 11.6 Å². The molecule has 0 aromatic heterocycles. The standard InChI is InChI=1S/C13H14ClNO4/c1-15(11-7-19-6-9(11)13(17)18)12(16)8-4-2-3-5-10(8)14/h2-5,9,11H,6-7H2,1H3,(H,17,18). The summed E-state index contributed by atoms with van der Waals surface area (Å²) in [5.74, 6) is -1.95. The van der Waals surface area contributed by atoms with E-state index in [0.29, 0.717) is 10.6 Å². The third-order valence-corrected chi connectivity index (χ3v) is 3.62. The molecule has 1 fully saturated rings. The minimum Gasteiger partial charge on any atom is -0.481 e. The van der Waals surface area contributed by atoms with Crippen molar-refractivity contribution >= 4 is 23.5 Å². The van der Waals surface area contributed by atoms with Crippen molar-refractivity contribution in [1.82, 2.24) is 4.90 Å². The van der Waals surface area contributed by atoms with E-state index in [1.54, 1.807) is 31.3 Å². The molecule has 1 N–H and O–H groups in total. The van der Waals surface area contributed by atoms with Crippen molar-refractivity contribution in [3.05, 3.63) is 34.9 Å². The molecule has 0 spiro atoms. The van der Waals surface area contributed by atoms with Gasteiger partial charge in [0.15, 0.2) is 0 Å². The second-order valence-electron chi connectivity index (χ2n) is 4.45. The summed E-state index contributed by atoms with van der Waals surface area (Å²) in [6.45, 7) is 0.351. The van der Waals surface area contributed by atoms with E-state index < -0.39 is 17.9 Å². The van der Waals surface area contributed by atoms with Gasteiger partial charge in [-0.05, 0) is 12.1 Å². The number of carboxylic acids is 1. The molecule has 19 heavy (non-hydrogen) atoms. The molecule has 0 bridgehead atoms. The van der Waals surface area contributed by atoms with Crippen molar-refractivity contribution in [2.24, 2.45) is 5.92 Å². The largest absolute Gasteiger partial charge is 0.481 e. The second-order valence-corrected chi connectivity index (χ2v) is 4.85. The lowest BCUT2D eigenvalue weighted by Crippen LogP contribution is -2.44. The van der Waals surface area contributed by atoms with Gasteiger partial charge in [-0.25, -0.2) is 0 Å². The Kier molecular flexibility index (Phi) is 4.07. The lowest BCUT2D eigenvalue weighted by molar-refractivity contribution is -0.142. The Morgan fingerprint density at radius 2 is 2.05 bits per heavy atom. The van der Waals surface area contributed by atoms with Crippen molar-refractivity contribution in [3.8, 4) is 0 Å². The zero-order valence-corrected chi connectivity index (χ0v) is 11.1. The highest BCUT2D eigenvalue weighted by molar-refractivity contribution is 6.33. The number of carbonyl (C=O) groups is 2. The monoisotopic (exact) mass is 283 g/mol. The maximum atomic E-state index is 12.3. The lowest BCUT2D eigenvalue weighted by atomic mass is 10.0. The summed E-state index contributed by atoms with van der Waals surface area (Å²) in [5.41, 5.74) is 0.364. The molecular formula is C13H14ClNO4. The lowest BCUT2D eigenvalue weighted by Gasteiger charge is -2.26. The van der Waals surface area contributed by atoms with Gasteiger partial charge < -0.3 is 14.7 Å². The van der Waals surface area contributed by atoms with E-state index in [1.165, 1.54) is 4.90 Å². The number of ether oxygens (including phenoxy) is 1. The van der Waals surface area contributed by atoms with Crippen molar-refractivity contribution in [2.75, 3.05) is 20.3 Å². The van der Waals surface area contributed by atoms with Crippen LogP contribution in [0.1, 0.15) is 10.4 Å². The van der Waals surface area contributed by atoms with Crippen LogP contribution in [0.3, 0.4) is 0 Å². The quantitative estimate of drug-likeness (QED) is 0.913. The predicted octanol–water partition coefficient (Wildman–Crippen LogP) is 1.51. The van der Waals surface area contributed by atoms with Crippen molar-refractivity contribution in [1.29, 1.82) is 0 Å². The topological polar surface area (TPSA) is 66.8 Å². The molecule has 1 aliphatic heterocycles. The van der Waals surface area contributed by atoms with Crippen LogP contribution in [-0.2, 0) is 9.53 Å². The highest BCUT2D eigenvalue weighted by atomic mass is 35.5. The number of benzene rings is 1. The van der Waals surface area contributed by atoms with Crippen LogP contribution in [0.25, 0.3) is 0 Å². The fourth-order valence-electron chi connectivity index (χ4n) is 2.14. The van der Waals surface area contributed by atoms with Crippen LogP contribution in [0.5, 0.6) is 0 Å². The first-order chi connectivity index (χ1) is 9.02. The van der Waals surface area contributed by atoms with Crippen LogP contribution < -0.4 is 0 Å². The van der Waals surface area contributed by atoms with E-state index in [-0.39, 0.29) is 19.1 Å². The molecule has 1 amide bonds. The smallest absolute Gasteiger partial charge is 0.311 e. The Labute approximate surface area is 115 Å². The molecule has 1 aliphatic rings. The first kappa shape index (κ1) is 13.8. The molecular weight excluding hydrogens is 270 g/mol. The molecule has 1 aromatic rings. The zero-order valence-electron chi connectivity index (χ0n) is 10.4. The summed E-state index contributed by atoms with van der Waals surface area (Å²) in [6, 6.07) is 6.22. The van der Waals surface area contributed by atoms with Gasteiger partial charge in [-0.2, -0.15) is 0 Å². The predicted molar refractivity (Wildman–Crippen MR) is 69.3 cm³/mol. The molecule has 1 saturated heterocycles. The number of hydrogen-bond acceptors (Lipinski definition) is 3. The van der Waals surface area contributed by atoms with Crippen LogP contribution in [0.15, 0.2) is 24.3 Å². The Morgan fingerprint density at radius 1 is 1.37 bits per heavy atom. The second kappa shape index (κ2) is 5.59. The Bertz CT molecular complexity index is 505. The van der Waals surface area contributed by atoms with E-state index in [9.17, 15) is 9.59 Å². The Morgan fingerprint density at radius 3 is 2.68 bits per heavy atom. The van der Waals surface area contributed by atoms with Gasteiger partial charge in [-0.1, -0.05) is 23.7 Å². The maximum Gasteiger partial charge on any atom is 0.311 e. The molecule has 2 rings (SSSR count). The molecule has 0 saturated carbocycles.